The molecule has 0 aromatic heterocycles. The van der Waals surface area contributed by atoms with Crippen molar-refractivity contribution in [2.24, 2.45) is 0 Å². The van der Waals surface area contributed by atoms with Crippen LogP contribution >= 0.6 is 0 Å². The smallest absolute Gasteiger partial charge is 0.894 e. The Bertz CT molecular complexity index is 58.0. The van der Waals surface area contributed by atoms with E-state index in [0.29, 0.717) is 0 Å². The molecule has 0 rings (SSSR count). The molecule has 0 atom stereocenters. The molecule has 64 valence electrons. The van der Waals surface area contributed by atoms with Crippen molar-refractivity contribution < 1.29 is 81.8 Å². The van der Waals surface area contributed by atoms with Gasteiger partial charge in [0.1, 0.15) is 0 Å². The van der Waals surface area contributed by atoms with Gasteiger partial charge in [0.2, 0.25) is 0 Å². The van der Waals surface area contributed by atoms with Crippen LogP contribution in [0.4, 0.5) is 0 Å². The average Bonchev–Trinajstić information content (AvgIpc) is 1.12. The molecule has 0 unspecified atom stereocenters. The van der Waals surface area contributed by atoms with E-state index in [1.807, 2.05) is 0 Å². The minimum atomic E-state index is -5.61. The average molecular weight is 280 g/mol. The molecule has 0 radical (unpaired) electrons. The van der Waals surface area contributed by atoms with E-state index in [9.17, 15) is 0 Å². The molecule has 0 aromatic carbocycles. The normalized spacial score (nSPS) is 10.0. The first kappa shape index (κ1) is 23.4. The van der Waals surface area contributed by atoms with Gasteiger partial charge in [-0.2, -0.15) is 0 Å². The molecule has 0 amide bonds. The molecule has 0 N–H and O–H groups in total. The maximum Gasteiger partial charge on any atom is 4.00 e. The monoisotopic (exact) mass is 280 g/mol. The zero-order valence-corrected chi connectivity index (χ0v) is 10.4. The predicted octanol–water partition coefficient (Wildman–Crippen LogP) is -10.3. The summed E-state index contributed by atoms with van der Waals surface area (Å²) < 4.78 is 0. The molecule has 0 aliphatic carbocycles. The molecule has 0 saturated heterocycles. The molecule has 0 bridgehead atoms. The summed E-state index contributed by atoms with van der Waals surface area (Å²) in [5.74, 6) is 0. The quantitative estimate of drug-likeness (QED) is 0.391. The van der Waals surface area contributed by atoms with Gasteiger partial charge in [0.05, 0.1) is 0 Å². The summed E-state index contributed by atoms with van der Waals surface area (Å²) in [6.07, 6.45) is 0. The van der Waals surface area contributed by atoms with Crippen LogP contribution in [0.3, 0.4) is 0 Å². The molecular formula is O8Si2Ti2. The standard InChI is InChI=1S/2O4Si.2Ti/c2*1-5(2,3)4;;/q2*-4;2*+4. The van der Waals surface area contributed by atoms with Gasteiger partial charge in [-0.15, -0.1) is 0 Å². The summed E-state index contributed by atoms with van der Waals surface area (Å²) >= 11 is 0. The van der Waals surface area contributed by atoms with Crippen LogP contribution in [0.5, 0.6) is 0 Å². The zero-order valence-electron chi connectivity index (χ0n) is 5.27. The fourth-order valence-corrected chi connectivity index (χ4v) is 0. The van der Waals surface area contributed by atoms with Crippen LogP contribution in [0, 0.1) is 0 Å². The van der Waals surface area contributed by atoms with Gasteiger partial charge >= 0.3 is 43.4 Å². The Morgan fingerprint density at radius 1 is 0.417 bits per heavy atom. The number of hydrogen-bond donors (Lipinski definition) is 0. The van der Waals surface area contributed by atoms with Crippen LogP contribution in [0.15, 0.2) is 0 Å². The zero-order chi connectivity index (χ0) is 9.00. The molecule has 0 saturated carbocycles. The van der Waals surface area contributed by atoms with Crippen molar-refractivity contribution in [1.29, 1.82) is 0 Å². The Balaban J connectivity index is -0.0000000457. The Morgan fingerprint density at radius 3 is 0.417 bits per heavy atom. The van der Waals surface area contributed by atoms with Gasteiger partial charge in [0.15, 0.2) is 0 Å². The first-order chi connectivity index (χ1) is 4.00. The van der Waals surface area contributed by atoms with Crippen LogP contribution in [-0.4, -0.2) is 18.1 Å². The van der Waals surface area contributed by atoms with E-state index in [0.717, 1.165) is 0 Å². The van der Waals surface area contributed by atoms with Gasteiger partial charge < -0.3 is 56.5 Å². The largest absolute Gasteiger partial charge is 4.00 e. The summed E-state index contributed by atoms with van der Waals surface area (Å²) in [6, 6.07) is 0. The minimum absolute atomic E-state index is 0. The van der Waals surface area contributed by atoms with E-state index in [2.05, 4.69) is 0 Å². The Kier molecular flexibility index (Phi) is 17.8. The van der Waals surface area contributed by atoms with Crippen LogP contribution in [-0.2, 0) is 43.4 Å². The SMILES string of the molecule is [O-][Si]([O-])([O-])[O-].[O-][Si]([O-])([O-])[O-].[Ti+4].[Ti+4]. The van der Waals surface area contributed by atoms with Crippen LogP contribution in [0.1, 0.15) is 0 Å². The first-order valence-electron chi connectivity index (χ1n) is 1.63. The molecule has 0 spiro atoms. The van der Waals surface area contributed by atoms with Gasteiger partial charge in [0.25, 0.3) is 0 Å². The first-order valence-corrected chi connectivity index (χ1v) is 4.90. The summed E-state index contributed by atoms with van der Waals surface area (Å²) in [4.78, 5) is 68.6. The van der Waals surface area contributed by atoms with Crippen molar-refractivity contribution in [2.75, 3.05) is 0 Å². The second-order valence-electron chi connectivity index (χ2n) is 1.00. The summed E-state index contributed by atoms with van der Waals surface area (Å²) in [5, 5.41) is 0. The Labute approximate surface area is 99.5 Å². The van der Waals surface area contributed by atoms with Gasteiger partial charge in [-0.3, -0.25) is 0 Å². The molecule has 8 nitrogen and oxygen atoms in total. The van der Waals surface area contributed by atoms with Crippen molar-refractivity contribution in [3.63, 3.8) is 0 Å². The van der Waals surface area contributed by atoms with Crippen molar-refractivity contribution in [3.8, 4) is 0 Å². The summed E-state index contributed by atoms with van der Waals surface area (Å²) in [6.45, 7) is 0. The number of hydrogen-bond acceptors (Lipinski definition) is 8. The van der Waals surface area contributed by atoms with E-state index in [-0.39, 0.29) is 43.4 Å². The Hall–Kier alpha value is 1.54. The topological polar surface area (TPSA) is 184 Å². The molecule has 12 heteroatoms. The second kappa shape index (κ2) is 9.11. The van der Waals surface area contributed by atoms with Gasteiger partial charge in [-0.05, 0) is 0 Å². The fourth-order valence-electron chi connectivity index (χ4n) is 0. The van der Waals surface area contributed by atoms with Gasteiger partial charge in [-0.25, -0.2) is 0 Å². The maximum atomic E-state index is 8.58. The third-order valence-corrected chi connectivity index (χ3v) is 0. The summed E-state index contributed by atoms with van der Waals surface area (Å²) in [7, 11) is -11.2. The van der Waals surface area contributed by atoms with Crippen molar-refractivity contribution >= 4 is 18.1 Å². The van der Waals surface area contributed by atoms with E-state index in [1.54, 1.807) is 0 Å². The predicted molar refractivity (Wildman–Crippen MR) is 11.5 cm³/mol. The molecule has 0 aliphatic rings. The molecule has 0 aliphatic heterocycles. The van der Waals surface area contributed by atoms with Crippen molar-refractivity contribution in [3.05, 3.63) is 0 Å². The minimum Gasteiger partial charge on any atom is -0.894 e. The van der Waals surface area contributed by atoms with E-state index in [4.69, 9.17) is 38.4 Å². The Morgan fingerprint density at radius 2 is 0.417 bits per heavy atom. The molecule has 0 heterocycles. The molecule has 12 heavy (non-hydrogen) atoms. The van der Waals surface area contributed by atoms with Crippen molar-refractivity contribution in [2.45, 2.75) is 0 Å². The molecule has 0 aromatic rings. The van der Waals surface area contributed by atoms with Crippen molar-refractivity contribution in [1.82, 2.24) is 0 Å². The number of rotatable bonds is 0. The van der Waals surface area contributed by atoms with E-state index >= 15 is 0 Å². The molecular weight excluding hydrogens is 280 g/mol. The van der Waals surface area contributed by atoms with Gasteiger partial charge in [0, 0.05) is 0 Å². The van der Waals surface area contributed by atoms with Crippen LogP contribution in [0.25, 0.3) is 0 Å². The van der Waals surface area contributed by atoms with Crippen LogP contribution < -0.4 is 38.4 Å². The fraction of sp³-hybridized carbons (Fsp3) is 0. The second-order valence-corrected chi connectivity index (χ2v) is 3.00. The third-order valence-electron chi connectivity index (χ3n) is 0. The maximum absolute atomic E-state index is 8.58. The van der Waals surface area contributed by atoms with E-state index in [1.165, 1.54) is 0 Å². The van der Waals surface area contributed by atoms with E-state index < -0.39 is 18.1 Å². The molecule has 0 fully saturated rings. The van der Waals surface area contributed by atoms with Gasteiger partial charge in [-0.1, -0.05) is 0 Å². The third kappa shape index (κ3) is 539. The van der Waals surface area contributed by atoms with Crippen LogP contribution in [0.2, 0.25) is 0 Å². The summed E-state index contributed by atoms with van der Waals surface area (Å²) in [5.41, 5.74) is 0.